The molecule has 0 aliphatic heterocycles. The largest absolute Gasteiger partial charge is 0.309 e. The predicted octanol–water partition coefficient (Wildman–Crippen LogP) is 12.4. The van der Waals surface area contributed by atoms with E-state index in [1.165, 1.54) is 32.9 Å². The number of hydrogen-bond acceptors (Lipinski definition) is 2. The minimum Gasteiger partial charge on any atom is -0.309 e. The topological polar surface area (TPSA) is 57.4 Å². The molecule has 10 rings (SSSR count). The number of hydrogen-bond donors (Lipinski definition) is 0. The van der Waals surface area contributed by atoms with Gasteiger partial charge in [-0.3, -0.25) is 0 Å². The second-order valence-electron chi connectivity index (χ2n) is 13.8. The zero-order valence-corrected chi connectivity index (χ0v) is 29.4. The molecule has 0 fully saturated rings. The van der Waals surface area contributed by atoms with E-state index in [4.69, 9.17) is 0 Å². The zero-order valence-electron chi connectivity index (χ0n) is 29.4. The predicted molar refractivity (Wildman–Crippen MR) is 221 cm³/mol. The number of nitrogens with zero attached hydrogens (tertiary/aromatic N) is 4. The molecular weight excluding hydrogens is 657 g/mol. The van der Waals surface area contributed by atoms with E-state index >= 15 is 0 Å². The summed E-state index contributed by atoms with van der Waals surface area (Å²) in [6, 6.07) is 59.7. The number of allylic oxidation sites excluding steroid dienone is 1. The molecule has 0 radical (unpaired) electrons. The summed E-state index contributed by atoms with van der Waals surface area (Å²) >= 11 is 0. The van der Waals surface area contributed by atoms with Crippen molar-refractivity contribution in [3.05, 3.63) is 186 Å². The summed E-state index contributed by atoms with van der Waals surface area (Å²) in [4.78, 5) is 0. The molecule has 2 aromatic heterocycles. The molecule has 7 aromatic carbocycles. The van der Waals surface area contributed by atoms with Gasteiger partial charge in [-0.15, -0.1) is 0 Å². The third kappa shape index (κ3) is 4.82. The van der Waals surface area contributed by atoms with Crippen LogP contribution in [0.3, 0.4) is 0 Å². The van der Waals surface area contributed by atoms with Crippen LogP contribution in [-0.2, 0) is 6.42 Å². The minimum atomic E-state index is 0.365. The SMILES string of the molecule is N#Cc1ccc(-c2cc(-c3ccccc3)c(-n3c4ccccc4c4c5c(ccc43)c3c(n5-c4ccccc4)C=CCC3)cc2-c2ccccc2)cc1C#N. The fourth-order valence-corrected chi connectivity index (χ4v) is 8.50. The summed E-state index contributed by atoms with van der Waals surface area (Å²) in [5, 5.41) is 23.5. The molecule has 0 unspecified atom stereocenters. The molecule has 0 N–H and O–H groups in total. The van der Waals surface area contributed by atoms with E-state index < -0.39 is 0 Å². The Balaban J connectivity index is 1.36. The fourth-order valence-electron chi connectivity index (χ4n) is 8.50. The Kier molecular flexibility index (Phi) is 7.36. The zero-order chi connectivity index (χ0) is 36.2. The average Bonchev–Trinajstić information content (AvgIpc) is 3.77. The van der Waals surface area contributed by atoms with Gasteiger partial charge in [0.05, 0.1) is 33.4 Å². The van der Waals surface area contributed by atoms with Crippen LogP contribution in [0.25, 0.3) is 83.5 Å². The highest BCUT2D eigenvalue weighted by Crippen LogP contribution is 2.46. The number of aryl methyl sites for hydroxylation is 1. The van der Waals surface area contributed by atoms with Crippen molar-refractivity contribution in [2.24, 2.45) is 0 Å². The Labute approximate surface area is 313 Å². The van der Waals surface area contributed by atoms with E-state index in [0.717, 1.165) is 68.6 Å². The lowest BCUT2D eigenvalue weighted by atomic mass is 9.88. The summed E-state index contributed by atoms with van der Waals surface area (Å²) in [6.45, 7) is 0. The summed E-state index contributed by atoms with van der Waals surface area (Å²) in [6.07, 6.45) is 6.64. The van der Waals surface area contributed by atoms with Crippen LogP contribution in [0.1, 0.15) is 28.8 Å². The molecule has 0 atom stereocenters. The molecule has 4 heteroatoms. The highest BCUT2D eigenvalue weighted by atomic mass is 15.0. The van der Waals surface area contributed by atoms with Crippen molar-refractivity contribution in [1.29, 1.82) is 10.5 Å². The van der Waals surface area contributed by atoms with Crippen LogP contribution in [0, 0.1) is 22.7 Å². The Hall–Kier alpha value is -7.40. The third-order valence-electron chi connectivity index (χ3n) is 10.9. The number of rotatable bonds is 5. The van der Waals surface area contributed by atoms with E-state index in [1.54, 1.807) is 6.07 Å². The average molecular weight is 689 g/mol. The van der Waals surface area contributed by atoms with Gasteiger partial charge in [0.2, 0.25) is 0 Å². The minimum absolute atomic E-state index is 0.365. The van der Waals surface area contributed by atoms with Gasteiger partial charge in [-0.1, -0.05) is 115 Å². The first-order chi connectivity index (χ1) is 26.7. The lowest BCUT2D eigenvalue weighted by Crippen LogP contribution is -2.01. The molecule has 54 heavy (non-hydrogen) atoms. The van der Waals surface area contributed by atoms with Crippen LogP contribution < -0.4 is 0 Å². The highest BCUT2D eigenvalue weighted by molar-refractivity contribution is 6.22. The molecule has 0 saturated carbocycles. The first kappa shape index (κ1) is 31.3. The maximum Gasteiger partial charge on any atom is 0.101 e. The van der Waals surface area contributed by atoms with Crippen molar-refractivity contribution >= 4 is 38.8 Å². The molecule has 0 amide bonds. The molecule has 2 heterocycles. The highest BCUT2D eigenvalue weighted by Gasteiger charge is 2.25. The van der Waals surface area contributed by atoms with Crippen LogP contribution in [-0.4, -0.2) is 9.13 Å². The molecule has 0 bridgehead atoms. The van der Waals surface area contributed by atoms with Gasteiger partial charge in [0.25, 0.3) is 0 Å². The molecule has 252 valence electrons. The van der Waals surface area contributed by atoms with Gasteiger partial charge in [-0.2, -0.15) is 10.5 Å². The summed E-state index contributed by atoms with van der Waals surface area (Å²) < 4.78 is 4.91. The Morgan fingerprint density at radius 1 is 0.500 bits per heavy atom. The van der Waals surface area contributed by atoms with Crippen LogP contribution in [0.15, 0.2) is 164 Å². The Morgan fingerprint density at radius 3 is 1.91 bits per heavy atom. The quantitative estimate of drug-likeness (QED) is 0.181. The maximum absolute atomic E-state index is 10.0. The van der Waals surface area contributed by atoms with E-state index in [9.17, 15) is 10.5 Å². The van der Waals surface area contributed by atoms with E-state index in [2.05, 4.69) is 161 Å². The van der Waals surface area contributed by atoms with Gasteiger partial charge in [0, 0.05) is 33.1 Å². The third-order valence-corrected chi connectivity index (χ3v) is 10.9. The van der Waals surface area contributed by atoms with Crippen LogP contribution in [0.4, 0.5) is 0 Å². The molecule has 1 aliphatic rings. The lowest BCUT2D eigenvalue weighted by Gasteiger charge is -2.20. The van der Waals surface area contributed by atoms with Crippen molar-refractivity contribution in [2.75, 3.05) is 0 Å². The van der Waals surface area contributed by atoms with Gasteiger partial charge >= 0.3 is 0 Å². The first-order valence-electron chi connectivity index (χ1n) is 18.3. The Bertz CT molecular complexity index is 3040. The monoisotopic (exact) mass is 688 g/mol. The van der Waals surface area contributed by atoms with Gasteiger partial charge in [-0.05, 0) is 101 Å². The van der Waals surface area contributed by atoms with E-state index in [-0.39, 0.29) is 0 Å². The maximum atomic E-state index is 10.0. The number of para-hydroxylation sites is 2. The number of fused-ring (bicyclic) bond motifs is 7. The smallest absolute Gasteiger partial charge is 0.101 e. The Morgan fingerprint density at radius 2 is 1.17 bits per heavy atom. The van der Waals surface area contributed by atoms with Gasteiger partial charge in [0.1, 0.15) is 12.1 Å². The molecule has 0 saturated heterocycles. The van der Waals surface area contributed by atoms with Crippen molar-refractivity contribution in [3.8, 4) is 56.9 Å². The van der Waals surface area contributed by atoms with Crippen molar-refractivity contribution in [1.82, 2.24) is 9.13 Å². The second kappa shape index (κ2) is 12.7. The van der Waals surface area contributed by atoms with Crippen molar-refractivity contribution < 1.29 is 0 Å². The summed E-state index contributed by atoms with van der Waals surface area (Å²) in [7, 11) is 0. The van der Waals surface area contributed by atoms with Crippen molar-refractivity contribution in [3.63, 3.8) is 0 Å². The van der Waals surface area contributed by atoms with Crippen LogP contribution >= 0.6 is 0 Å². The first-order valence-corrected chi connectivity index (χ1v) is 18.3. The van der Waals surface area contributed by atoms with Gasteiger partial charge < -0.3 is 9.13 Å². The normalized spacial score (nSPS) is 12.2. The molecule has 9 aromatic rings. The number of aromatic nitrogens is 2. The lowest BCUT2D eigenvalue weighted by molar-refractivity contribution is 0.968. The molecule has 4 nitrogen and oxygen atoms in total. The van der Waals surface area contributed by atoms with Crippen LogP contribution in [0.5, 0.6) is 0 Å². The molecular formula is C50H32N4. The number of benzene rings is 7. The van der Waals surface area contributed by atoms with Gasteiger partial charge in [0.15, 0.2) is 0 Å². The van der Waals surface area contributed by atoms with Crippen LogP contribution in [0.2, 0.25) is 0 Å². The summed E-state index contributed by atoms with van der Waals surface area (Å²) in [5.41, 5.74) is 15.2. The van der Waals surface area contributed by atoms with E-state index in [0.29, 0.717) is 11.1 Å². The van der Waals surface area contributed by atoms with E-state index in [1.807, 2.05) is 24.3 Å². The molecule has 0 spiro atoms. The summed E-state index contributed by atoms with van der Waals surface area (Å²) in [5.74, 6) is 0. The van der Waals surface area contributed by atoms with Crippen molar-refractivity contribution in [2.45, 2.75) is 12.8 Å². The van der Waals surface area contributed by atoms with Gasteiger partial charge in [-0.25, -0.2) is 0 Å². The number of nitriles is 2. The molecule has 1 aliphatic carbocycles. The second-order valence-corrected chi connectivity index (χ2v) is 13.8. The fraction of sp³-hybridized carbons (Fsp3) is 0.0400. The standard InChI is InChI=1S/C50H32N4/c51-31-36-25-24-35(28-37(36)32-52)42-29-44(34-16-6-2-7-17-34)48(30-43(42)33-14-4-1-5-15-33)54-46-23-13-11-21-41(46)49-47(54)27-26-40-39-20-10-12-22-45(39)53(50(40)49)38-18-8-3-9-19-38/h1-9,11-19,21-30H,10,20H2.